The molecule has 2 nitrogen and oxygen atoms in total. The predicted octanol–water partition coefficient (Wildman–Crippen LogP) is 3.22. The molecule has 106 valence electrons. The number of piperidine rings is 1. The zero-order valence-corrected chi connectivity index (χ0v) is 10.7. The van der Waals surface area contributed by atoms with Gasteiger partial charge in [0.15, 0.2) is 0 Å². The number of β-amino-alcohol motifs (C(OH)–C–C–N with tert-alkyl or cyclic N) is 1. The lowest BCUT2D eigenvalue weighted by Gasteiger charge is -2.28. The molecular formula is C14H18F3NO. The van der Waals surface area contributed by atoms with Crippen LogP contribution in [0, 0.1) is 0 Å². The highest BCUT2D eigenvalue weighted by atomic mass is 19.4. The van der Waals surface area contributed by atoms with E-state index in [1.165, 1.54) is 12.5 Å². The molecule has 1 unspecified atom stereocenters. The van der Waals surface area contributed by atoms with Crippen molar-refractivity contribution < 1.29 is 18.3 Å². The second-order valence-corrected chi connectivity index (χ2v) is 5.00. The van der Waals surface area contributed by atoms with Gasteiger partial charge in [0, 0.05) is 6.54 Å². The molecule has 1 N–H and O–H groups in total. The Morgan fingerprint density at radius 2 is 1.84 bits per heavy atom. The highest BCUT2D eigenvalue weighted by molar-refractivity contribution is 5.27. The van der Waals surface area contributed by atoms with Crippen molar-refractivity contribution >= 4 is 0 Å². The van der Waals surface area contributed by atoms with Gasteiger partial charge in [0.25, 0.3) is 0 Å². The standard InChI is InChI=1S/C14H18F3NO/c15-14(16,17)12-6-4-5-11(9-12)13(19)10-18-7-2-1-3-8-18/h4-6,9,13,19H,1-3,7-8,10H2. The number of aliphatic hydroxyl groups is 1. The zero-order chi connectivity index (χ0) is 13.9. The first kappa shape index (κ1) is 14.3. The van der Waals surface area contributed by atoms with Gasteiger partial charge in [-0.25, -0.2) is 0 Å². The topological polar surface area (TPSA) is 23.5 Å². The molecule has 0 aromatic heterocycles. The van der Waals surface area contributed by atoms with E-state index in [0.29, 0.717) is 12.1 Å². The van der Waals surface area contributed by atoms with Gasteiger partial charge in [-0.05, 0) is 43.6 Å². The van der Waals surface area contributed by atoms with E-state index in [4.69, 9.17) is 0 Å². The summed E-state index contributed by atoms with van der Waals surface area (Å²) < 4.78 is 37.8. The molecule has 0 amide bonds. The van der Waals surface area contributed by atoms with Crippen LogP contribution in [0.4, 0.5) is 13.2 Å². The summed E-state index contributed by atoms with van der Waals surface area (Å²) >= 11 is 0. The summed E-state index contributed by atoms with van der Waals surface area (Å²) in [5.41, 5.74) is -0.372. The summed E-state index contributed by atoms with van der Waals surface area (Å²) in [4.78, 5) is 2.11. The lowest BCUT2D eigenvalue weighted by atomic mass is 10.0. The summed E-state index contributed by atoms with van der Waals surface area (Å²) in [6.45, 7) is 2.23. The van der Waals surface area contributed by atoms with Crippen molar-refractivity contribution in [3.63, 3.8) is 0 Å². The quantitative estimate of drug-likeness (QED) is 0.914. The molecular weight excluding hydrogens is 255 g/mol. The van der Waals surface area contributed by atoms with Crippen LogP contribution < -0.4 is 0 Å². The Hall–Kier alpha value is -1.07. The highest BCUT2D eigenvalue weighted by Crippen LogP contribution is 2.31. The van der Waals surface area contributed by atoms with Crippen LogP contribution >= 0.6 is 0 Å². The Labute approximate surface area is 110 Å². The number of likely N-dealkylation sites (tertiary alicyclic amines) is 1. The lowest BCUT2D eigenvalue weighted by molar-refractivity contribution is -0.137. The third kappa shape index (κ3) is 3.94. The minimum Gasteiger partial charge on any atom is -0.387 e. The van der Waals surface area contributed by atoms with Gasteiger partial charge in [0.05, 0.1) is 11.7 Å². The molecule has 0 spiro atoms. The molecule has 0 bridgehead atoms. The summed E-state index contributed by atoms with van der Waals surface area (Å²) in [5.74, 6) is 0. The largest absolute Gasteiger partial charge is 0.416 e. The van der Waals surface area contributed by atoms with Gasteiger partial charge in [-0.3, -0.25) is 0 Å². The molecule has 1 aliphatic rings. The Bertz CT molecular complexity index is 413. The molecule has 2 rings (SSSR count). The molecule has 19 heavy (non-hydrogen) atoms. The molecule has 1 saturated heterocycles. The van der Waals surface area contributed by atoms with E-state index in [1.54, 1.807) is 6.07 Å². The normalized spacial score (nSPS) is 19.4. The van der Waals surface area contributed by atoms with E-state index >= 15 is 0 Å². The fourth-order valence-electron chi connectivity index (χ4n) is 2.41. The summed E-state index contributed by atoms with van der Waals surface area (Å²) in [5, 5.41) is 10.1. The van der Waals surface area contributed by atoms with Crippen LogP contribution in [0.5, 0.6) is 0 Å². The van der Waals surface area contributed by atoms with E-state index in [9.17, 15) is 18.3 Å². The first-order valence-electron chi connectivity index (χ1n) is 6.54. The van der Waals surface area contributed by atoms with Crippen molar-refractivity contribution in [2.75, 3.05) is 19.6 Å². The Balaban J connectivity index is 2.04. The van der Waals surface area contributed by atoms with Crippen LogP contribution in [-0.2, 0) is 6.18 Å². The summed E-state index contributed by atoms with van der Waals surface area (Å²) in [7, 11) is 0. The summed E-state index contributed by atoms with van der Waals surface area (Å²) in [6.07, 6.45) is -1.85. The maximum absolute atomic E-state index is 12.6. The first-order chi connectivity index (χ1) is 8.97. The van der Waals surface area contributed by atoms with Crippen LogP contribution in [0.25, 0.3) is 0 Å². The zero-order valence-electron chi connectivity index (χ0n) is 10.7. The molecule has 1 aromatic rings. The van der Waals surface area contributed by atoms with Gasteiger partial charge < -0.3 is 10.0 Å². The molecule has 1 aliphatic heterocycles. The van der Waals surface area contributed by atoms with E-state index < -0.39 is 17.8 Å². The Kier molecular flexibility index (Phi) is 4.47. The van der Waals surface area contributed by atoms with Crippen LogP contribution in [-0.4, -0.2) is 29.6 Å². The molecule has 5 heteroatoms. The molecule has 0 saturated carbocycles. The molecule has 1 heterocycles. The van der Waals surface area contributed by atoms with Crippen molar-refractivity contribution in [2.45, 2.75) is 31.5 Å². The SMILES string of the molecule is OC(CN1CCCCC1)c1cccc(C(F)(F)F)c1. The number of aliphatic hydroxyl groups excluding tert-OH is 1. The van der Waals surface area contributed by atoms with Crippen molar-refractivity contribution in [1.82, 2.24) is 4.90 Å². The Morgan fingerprint density at radius 3 is 2.47 bits per heavy atom. The van der Waals surface area contributed by atoms with E-state index in [0.717, 1.165) is 38.1 Å². The minimum absolute atomic E-state index is 0.334. The fraction of sp³-hybridized carbons (Fsp3) is 0.571. The number of halogens is 3. The molecule has 0 aliphatic carbocycles. The highest BCUT2D eigenvalue weighted by Gasteiger charge is 2.31. The maximum atomic E-state index is 12.6. The number of alkyl halides is 3. The smallest absolute Gasteiger partial charge is 0.387 e. The third-order valence-electron chi connectivity index (χ3n) is 3.48. The number of benzene rings is 1. The van der Waals surface area contributed by atoms with Crippen LogP contribution in [0.3, 0.4) is 0 Å². The number of rotatable bonds is 3. The second kappa shape index (κ2) is 5.92. The van der Waals surface area contributed by atoms with E-state index in [-0.39, 0.29) is 0 Å². The van der Waals surface area contributed by atoms with Crippen LogP contribution in [0.15, 0.2) is 24.3 Å². The van der Waals surface area contributed by atoms with Gasteiger partial charge in [-0.1, -0.05) is 18.6 Å². The van der Waals surface area contributed by atoms with Gasteiger partial charge >= 0.3 is 6.18 Å². The monoisotopic (exact) mass is 273 g/mol. The lowest BCUT2D eigenvalue weighted by Crippen LogP contribution is -2.33. The van der Waals surface area contributed by atoms with Crippen LogP contribution in [0.1, 0.15) is 36.5 Å². The van der Waals surface area contributed by atoms with E-state index in [2.05, 4.69) is 4.90 Å². The average Bonchev–Trinajstić information content (AvgIpc) is 2.39. The number of nitrogens with zero attached hydrogens (tertiary/aromatic N) is 1. The van der Waals surface area contributed by atoms with Gasteiger partial charge in [0.1, 0.15) is 0 Å². The molecule has 1 fully saturated rings. The molecule has 1 atom stereocenters. The van der Waals surface area contributed by atoms with E-state index in [1.807, 2.05) is 0 Å². The third-order valence-corrected chi connectivity index (χ3v) is 3.48. The van der Waals surface area contributed by atoms with Crippen molar-refractivity contribution in [2.24, 2.45) is 0 Å². The van der Waals surface area contributed by atoms with Crippen molar-refractivity contribution in [3.05, 3.63) is 35.4 Å². The predicted molar refractivity (Wildman–Crippen MR) is 66.7 cm³/mol. The van der Waals surface area contributed by atoms with Crippen molar-refractivity contribution in [3.8, 4) is 0 Å². The molecule has 0 radical (unpaired) electrons. The minimum atomic E-state index is -4.36. The fourth-order valence-corrected chi connectivity index (χ4v) is 2.41. The van der Waals surface area contributed by atoms with Crippen LogP contribution in [0.2, 0.25) is 0 Å². The first-order valence-corrected chi connectivity index (χ1v) is 6.54. The second-order valence-electron chi connectivity index (χ2n) is 5.00. The maximum Gasteiger partial charge on any atom is 0.416 e. The van der Waals surface area contributed by atoms with Gasteiger partial charge in [-0.2, -0.15) is 13.2 Å². The van der Waals surface area contributed by atoms with Crippen molar-refractivity contribution in [1.29, 1.82) is 0 Å². The van der Waals surface area contributed by atoms with Gasteiger partial charge in [0.2, 0.25) is 0 Å². The number of hydrogen-bond donors (Lipinski definition) is 1. The average molecular weight is 273 g/mol. The number of hydrogen-bond acceptors (Lipinski definition) is 2. The summed E-state index contributed by atoms with van der Waals surface area (Å²) in [6, 6.07) is 4.95. The molecule has 1 aromatic carbocycles. The Morgan fingerprint density at radius 1 is 1.16 bits per heavy atom. The van der Waals surface area contributed by atoms with Gasteiger partial charge in [-0.15, -0.1) is 0 Å².